The van der Waals surface area contributed by atoms with Crippen molar-refractivity contribution in [3.8, 4) is 11.5 Å². The lowest BCUT2D eigenvalue weighted by Gasteiger charge is -2.29. The topological polar surface area (TPSA) is 18.5 Å². The Bertz CT molecular complexity index is 850. The van der Waals surface area contributed by atoms with E-state index < -0.39 is 0 Å². The first-order valence-corrected chi connectivity index (χ1v) is 7.72. The summed E-state index contributed by atoms with van der Waals surface area (Å²) in [5.74, 6) is 3.93. The van der Waals surface area contributed by atoms with Crippen LogP contribution in [0.5, 0.6) is 11.5 Å². The van der Waals surface area contributed by atoms with Gasteiger partial charge in [-0.15, -0.1) is 0 Å². The first kappa shape index (κ1) is 13.4. The molecule has 2 aromatic rings. The maximum Gasteiger partial charge on any atom is 0.138 e. The van der Waals surface area contributed by atoms with E-state index in [-0.39, 0.29) is 0 Å². The summed E-state index contributed by atoms with van der Waals surface area (Å²) in [6, 6.07) is 4.47. The van der Waals surface area contributed by atoms with E-state index in [4.69, 9.17) is 9.47 Å². The van der Waals surface area contributed by atoms with Crippen LogP contribution in [0, 0.1) is 13.8 Å². The van der Waals surface area contributed by atoms with Gasteiger partial charge in [-0.25, -0.2) is 0 Å². The van der Waals surface area contributed by atoms with Gasteiger partial charge in [0.25, 0.3) is 0 Å². The third kappa shape index (κ3) is 1.50. The van der Waals surface area contributed by atoms with E-state index in [0.717, 1.165) is 23.0 Å². The summed E-state index contributed by atoms with van der Waals surface area (Å²) >= 11 is 0. The second-order valence-electron chi connectivity index (χ2n) is 6.46. The van der Waals surface area contributed by atoms with Crippen LogP contribution in [0.4, 0.5) is 0 Å². The molecule has 2 heteroatoms. The molecule has 112 valence electrons. The molecule has 22 heavy (non-hydrogen) atoms. The van der Waals surface area contributed by atoms with Gasteiger partial charge in [-0.1, -0.05) is 0 Å². The first-order chi connectivity index (χ1) is 10.4. The first-order valence-electron chi connectivity index (χ1n) is 7.72. The van der Waals surface area contributed by atoms with Crippen molar-refractivity contribution < 1.29 is 9.47 Å². The Kier molecular flexibility index (Phi) is 2.54. The molecule has 0 aliphatic carbocycles. The standard InChI is InChI=1S/C20H20O2/c1-9-7-15-11(3)14(6)22-20-10(2)8-16-12(4)13(5)21-19(9)17(16)18(15)20/h7-8H,1-6H3. The normalized spacial score (nSPS) is 16.1. The summed E-state index contributed by atoms with van der Waals surface area (Å²) in [6.45, 7) is 12.6. The number of rotatable bonds is 0. The molecule has 2 nitrogen and oxygen atoms in total. The Hall–Kier alpha value is -2.22. The van der Waals surface area contributed by atoms with Gasteiger partial charge in [0, 0.05) is 10.8 Å². The molecule has 2 aliphatic rings. The molecule has 0 N–H and O–H groups in total. The van der Waals surface area contributed by atoms with E-state index in [2.05, 4.69) is 39.8 Å². The van der Waals surface area contributed by atoms with E-state index in [0.29, 0.717) is 0 Å². The Balaban J connectivity index is 2.29. The van der Waals surface area contributed by atoms with Gasteiger partial charge < -0.3 is 9.47 Å². The van der Waals surface area contributed by atoms with Crippen LogP contribution in [0.3, 0.4) is 0 Å². The molecule has 4 rings (SSSR count). The van der Waals surface area contributed by atoms with E-state index in [1.165, 1.54) is 44.2 Å². The number of hydrogen-bond acceptors (Lipinski definition) is 2. The average Bonchev–Trinajstić information content (AvgIpc) is 2.47. The molecule has 0 aromatic heterocycles. The van der Waals surface area contributed by atoms with Crippen LogP contribution in [0.1, 0.15) is 49.9 Å². The fourth-order valence-electron chi connectivity index (χ4n) is 3.54. The highest BCUT2D eigenvalue weighted by Crippen LogP contribution is 2.50. The molecule has 2 heterocycles. The molecule has 0 saturated carbocycles. The van der Waals surface area contributed by atoms with Gasteiger partial charge in [0.15, 0.2) is 0 Å². The summed E-state index contributed by atoms with van der Waals surface area (Å²) in [5.41, 5.74) is 7.33. The van der Waals surface area contributed by atoms with Crippen LogP contribution in [0.25, 0.3) is 21.9 Å². The van der Waals surface area contributed by atoms with Crippen molar-refractivity contribution in [2.24, 2.45) is 0 Å². The SMILES string of the molecule is CC1=C(C)c2cc(C)c3c4c(cc(C)c(c24)O1)C(C)=C(C)O3. The zero-order valence-electron chi connectivity index (χ0n) is 14.0. The minimum Gasteiger partial charge on any atom is -0.461 e. The van der Waals surface area contributed by atoms with E-state index in [1.807, 2.05) is 13.8 Å². The number of ether oxygens (including phenoxy) is 2. The molecule has 0 unspecified atom stereocenters. The van der Waals surface area contributed by atoms with Crippen molar-refractivity contribution in [3.63, 3.8) is 0 Å². The third-order valence-electron chi connectivity index (χ3n) is 5.06. The molecule has 0 fully saturated rings. The fraction of sp³-hybridized carbons (Fsp3) is 0.300. The van der Waals surface area contributed by atoms with Crippen LogP contribution in [-0.4, -0.2) is 0 Å². The minimum absolute atomic E-state index is 0.981. The molecule has 2 aliphatic heterocycles. The van der Waals surface area contributed by atoms with Crippen molar-refractivity contribution in [1.29, 1.82) is 0 Å². The lowest BCUT2D eigenvalue weighted by Crippen LogP contribution is -2.10. The summed E-state index contributed by atoms with van der Waals surface area (Å²) in [4.78, 5) is 0. The predicted octanol–water partition coefficient (Wildman–Crippen LogP) is 5.74. The molecule has 0 spiro atoms. The smallest absolute Gasteiger partial charge is 0.138 e. The lowest BCUT2D eigenvalue weighted by atomic mass is 9.86. The van der Waals surface area contributed by atoms with Gasteiger partial charge in [0.1, 0.15) is 23.0 Å². The molecule has 0 saturated heterocycles. The van der Waals surface area contributed by atoms with Crippen LogP contribution in [0.2, 0.25) is 0 Å². The maximum absolute atomic E-state index is 6.14. The third-order valence-corrected chi connectivity index (χ3v) is 5.06. The second kappa shape index (κ2) is 4.16. The zero-order valence-corrected chi connectivity index (χ0v) is 14.0. The average molecular weight is 292 g/mol. The van der Waals surface area contributed by atoms with Crippen LogP contribution in [-0.2, 0) is 0 Å². The molecular formula is C20H20O2. The Morgan fingerprint density at radius 2 is 0.955 bits per heavy atom. The molecule has 0 amide bonds. The largest absolute Gasteiger partial charge is 0.461 e. The van der Waals surface area contributed by atoms with Crippen molar-refractivity contribution >= 4 is 21.9 Å². The van der Waals surface area contributed by atoms with Gasteiger partial charge in [-0.05, 0) is 87.1 Å². The number of aryl methyl sites for hydroxylation is 2. The quantitative estimate of drug-likeness (QED) is 0.616. The fourth-order valence-corrected chi connectivity index (χ4v) is 3.54. The summed E-state index contributed by atoms with van der Waals surface area (Å²) in [5, 5.41) is 2.40. The molecule has 0 bridgehead atoms. The monoisotopic (exact) mass is 292 g/mol. The summed E-state index contributed by atoms with van der Waals surface area (Å²) in [6.07, 6.45) is 0. The highest BCUT2D eigenvalue weighted by Gasteiger charge is 2.28. The highest BCUT2D eigenvalue weighted by atomic mass is 16.5. The Morgan fingerprint density at radius 3 is 1.32 bits per heavy atom. The highest BCUT2D eigenvalue weighted by molar-refractivity contribution is 6.10. The summed E-state index contributed by atoms with van der Waals surface area (Å²) in [7, 11) is 0. The van der Waals surface area contributed by atoms with Crippen LogP contribution < -0.4 is 9.47 Å². The molecule has 0 atom stereocenters. The predicted molar refractivity (Wildman–Crippen MR) is 91.2 cm³/mol. The van der Waals surface area contributed by atoms with Crippen LogP contribution >= 0.6 is 0 Å². The Morgan fingerprint density at radius 1 is 0.591 bits per heavy atom. The maximum atomic E-state index is 6.14. The van der Waals surface area contributed by atoms with Crippen molar-refractivity contribution in [2.75, 3.05) is 0 Å². The van der Waals surface area contributed by atoms with Crippen molar-refractivity contribution in [1.82, 2.24) is 0 Å². The minimum atomic E-state index is 0.981. The molecule has 0 radical (unpaired) electrons. The molecule has 2 aromatic carbocycles. The summed E-state index contributed by atoms with van der Waals surface area (Å²) < 4.78 is 12.3. The van der Waals surface area contributed by atoms with Gasteiger partial charge in [-0.3, -0.25) is 0 Å². The Labute approximate surface area is 131 Å². The van der Waals surface area contributed by atoms with Gasteiger partial charge >= 0.3 is 0 Å². The van der Waals surface area contributed by atoms with Gasteiger partial charge in [0.2, 0.25) is 0 Å². The zero-order chi connectivity index (χ0) is 15.8. The second-order valence-corrected chi connectivity index (χ2v) is 6.46. The lowest BCUT2D eigenvalue weighted by molar-refractivity contribution is 0.421. The van der Waals surface area contributed by atoms with Crippen LogP contribution in [0.15, 0.2) is 23.7 Å². The number of allylic oxidation sites excluding steroid dienone is 4. The number of hydrogen-bond donors (Lipinski definition) is 0. The van der Waals surface area contributed by atoms with Gasteiger partial charge in [-0.2, -0.15) is 0 Å². The van der Waals surface area contributed by atoms with Gasteiger partial charge in [0.05, 0.1) is 0 Å². The van der Waals surface area contributed by atoms with E-state index in [9.17, 15) is 0 Å². The van der Waals surface area contributed by atoms with E-state index >= 15 is 0 Å². The molecular weight excluding hydrogens is 272 g/mol. The number of benzene rings is 2. The van der Waals surface area contributed by atoms with Crippen molar-refractivity contribution in [3.05, 3.63) is 45.9 Å². The van der Waals surface area contributed by atoms with Crippen molar-refractivity contribution in [2.45, 2.75) is 41.5 Å². The van der Waals surface area contributed by atoms with E-state index in [1.54, 1.807) is 0 Å².